The molecule has 1 aromatic carbocycles. The van der Waals surface area contributed by atoms with Crippen molar-refractivity contribution < 1.29 is 31.3 Å². The van der Waals surface area contributed by atoms with Crippen LogP contribution in [0.25, 0.3) is 22.3 Å². The number of nitrogens with one attached hydrogen (secondary N) is 2. The number of benzene rings is 1. The third kappa shape index (κ3) is 3.71. The maximum absolute atomic E-state index is 15.0. The van der Waals surface area contributed by atoms with Crippen LogP contribution in [-0.4, -0.2) is 46.9 Å². The van der Waals surface area contributed by atoms with Crippen molar-refractivity contribution >= 4 is 22.8 Å². The van der Waals surface area contributed by atoms with Crippen LogP contribution in [0.3, 0.4) is 0 Å². The highest BCUT2D eigenvalue weighted by Crippen LogP contribution is 2.45. The first-order valence-corrected chi connectivity index (χ1v) is 12.8. The molecule has 2 atom stereocenters. The van der Waals surface area contributed by atoms with Crippen LogP contribution in [0.15, 0.2) is 16.9 Å². The van der Waals surface area contributed by atoms with E-state index in [9.17, 15) is 19.5 Å². The number of fused-ring (bicyclic) bond motifs is 5. The molecular weight excluding hydrogens is 507 g/mol. The number of halogens is 1. The number of rotatable bonds is 6. The summed E-state index contributed by atoms with van der Waals surface area (Å²) >= 11 is 0. The molecule has 0 spiro atoms. The summed E-state index contributed by atoms with van der Waals surface area (Å²) in [6.45, 7) is 0.306. The number of aliphatic hydroxyl groups is 1. The molecule has 1 aliphatic carbocycles. The molecule has 0 saturated carbocycles. The fourth-order valence-corrected chi connectivity index (χ4v) is 6.06. The van der Waals surface area contributed by atoms with Gasteiger partial charge in [0, 0.05) is 22.6 Å². The second-order valence-corrected chi connectivity index (χ2v) is 10.1. The highest BCUT2D eigenvalue weighted by molar-refractivity contribution is 5.94. The zero-order valence-electron chi connectivity index (χ0n) is 23.7. The molecule has 3 aliphatic rings. The Morgan fingerprint density at radius 3 is 2.90 bits per heavy atom. The molecule has 39 heavy (non-hydrogen) atoms. The Morgan fingerprint density at radius 2 is 2.15 bits per heavy atom. The average molecular weight is 539 g/mol. The van der Waals surface area contributed by atoms with E-state index in [2.05, 4.69) is 10.6 Å². The lowest BCUT2D eigenvalue weighted by Crippen LogP contribution is -2.44. The van der Waals surface area contributed by atoms with E-state index in [0.717, 1.165) is 5.56 Å². The van der Waals surface area contributed by atoms with Gasteiger partial charge in [-0.2, -0.15) is 0 Å². The van der Waals surface area contributed by atoms with Crippen LogP contribution in [0.2, 0.25) is 0 Å². The monoisotopic (exact) mass is 538 g/mol. The van der Waals surface area contributed by atoms with E-state index in [0.29, 0.717) is 51.8 Å². The molecule has 3 N–H and O–H groups in total. The van der Waals surface area contributed by atoms with Gasteiger partial charge in [-0.05, 0) is 56.0 Å². The molecule has 2 aliphatic heterocycles. The number of ether oxygens (including phenoxy) is 2. The minimum absolute atomic E-state index is 0.00937. The number of nitrogens with zero attached hydrogens (tertiary/aromatic N) is 2. The molecule has 0 unspecified atom stereocenters. The van der Waals surface area contributed by atoms with Crippen molar-refractivity contribution in [2.75, 3.05) is 20.3 Å². The van der Waals surface area contributed by atoms with Crippen LogP contribution in [0.1, 0.15) is 61.9 Å². The van der Waals surface area contributed by atoms with Crippen LogP contribution < -0.4 is 16.2 Å². The van der Waals surface area contributed by atoms with Crippen LogP contribution in [0.5, 0.6) is 0 Å². The Hall–Kier alpha value is -3.67. The van der Waals surface area contributed by atoms with Gasteiger partial charge >= 0.3 is 5.97 Å². The van der Waals surface area contributed by atoms with Gasteiger partial charge in [0.15, 0.2) is 5.60 Å². The number of pyridine rings is 2. The van der Waals surface area contributed by atoms with E-state index in [-0.39, 0.29) is 37.4 Å². The largest absolute Gasteiger partial charge is 0.458 e. The Kier molecular flexibility index (Phi) is 5.49. The maximum atomic E-state index is 15.0. The number of amides is 1. The van der Waals surface area contributed by atoms with E-state index < -0.39 is 41.5 Å². The minimum Gasteiger partial charge on any atom is -0.458 e. The second kappa shape index (κ2) is 9.22. The highest BCUT2D eigenvalue weighted by Gasteiger charge is 2.46. The van der Waals surface area contributed by atoms with E-state index >= 15 is 4.39 Å². The quantitative estimate of drug-likeness (QED) is 0.250. The van der Waals surface area contributed by atoms with E-state index in [1.54, 1.807) is 27.0 Å². The standard InChI is InChI=1S/C28H29FN4O6/c1-4-28(37)17-7-21-25-15(9-33(21)26(35)16(17)10-39-27(28)36)24-19(31-22(34)11-38-12-30-3)6-5-14-13(2)18(29)8-20(32-25)23(14)24/h7-8,19,30,37H,4-6,9-12H2,1-3H3,(H,31,34)/t19-,28-/m0/s1/i11D2. The summed E-state index contributed by atoms with van der Waals surface area (Å²) in [6, 6.07) is 2.21. The molecule has 2 aromatic heterocycles. The fourth-order valence-electron chi connectivity index (χ4n) is 6.06. The number of hydrogen-bond acceptors (Lipinski definition) is 8. The third-order valence-corrected chi connectivity index (χ3v) is 8.06. The molecule has 0 bridgehead atoms. The SMILES string of the molecule is [2H]C([2H])(OCNC)C(=O)N[C@H]1CCc2c(C)c(F)cc3nc4c(c1c23)Cn1c-4cc2c(c1=O)COC(=O)[C@]2(O)CC. The number of aromatic nitrogens is 2. The van der Waals surface area contributed by atoms with E-state index in [1.165, 1.54) is 10.6 Å². The first-order valence-electron chi connectivity index (χ1n) is 13.8. The lowest BCUT2D eigenvalue weighted by Gasteiger charge is -2.31. The topological polar surface area (TPSA) is 132 Å². The normalized spacial score (nSPS) is 22.0. The van der Waals surface area contributed by atoms with Gasteiger partial charge in [0.2, 0.25) is 5.91 Å². The number of aryl methyl sites for hydroxylation is 1. The molecular formula is C28H29FN4O6. The summed E-state index contributed by atoms with van der Waals surface area (Å²) in [7, 11) is 1.56. The number of cyclic esters (lactones) is 1. The maximum Gasteiger partial charge on any atom is 0.343 e. The molecule has 204 valence electrons. The molecule has 0 saturated heterocycles. The third-order valence-electron chi connectivity index (χ3n) is 8.06. The van der Waals surface area contributed by atoms with Crippen LogP contribution in [0.4, 0.5) is 4.39 Å². The summed E-state index contributed by atoms with van der Waals surface area (Å²) in [5, 5.41) is 17.3. The van der Waals surface area contributed by atoms with Crippen molar-refractivity contribution in [1.29, 1.82) is 0 Å². The van der Waals surface area contributed by atoms with Gasteiger partial charge in [-0.1, -0.05) is 6.92 Å². The lowest BCUT2D eigenvalue weighted by atomic mass is 9.81. The molecule has 1 amide bonds. The minimum atomic E-state index is -2.62. The Labute approximate surface area is 225 Å². The molecule has 0 radical (unpaired) electrons. The number of hydrogen-bond donors (Lipinski definition) is 3. The first kappa shape index (κ1) is 23.2. The highest BCUT2D eigenvalue weighted by atomic mass is 19.1. The summed E-state index contributed by atoms with van der Waals surface area (Å²) in [5.41, 5.74) is 1.40. The van der Waals surface area contributed by atoms with Crippen LogP contribution >= 0.6 is 0 Å². The van der Waals surface area contributed by atoms with Gasteiger partial charge in [-0.25, -0.2) is 14.2 Å². The Balaban J connectivity index is 1.57. The number of carbonyl (C=O) groups excluding carboxylic acids is 2. The average Bonchev–Trinajstić information content (AvgIpc) is 3.32. The van der Waals surface area contributed by atoms with Crippen molar-refractivity contribution in [2.45, 2.75) is 57.9 Å². The smallest absolute Gasteiger partial charge is 0.343 e. The van der Waals surface area contributed by atoms with Gasteiger partial charge < -0.3 is 24.5 Å². The van der Waals surface area contributed by atoms with Crippen molar-refractivity contribution in [1.82, 2.24) is 20.2 Å². The van der Waals surface area contributed by atoms with Crippen molar-refractivity contribution in [3.05, 3.63) is 61.7 Å². The van der Waals surface area contributed by atoms with Gasteiger partial charge in [0.25, 0.3) is 5.56 Å². The molecule has 11 heteroatoms. The summed E-state index contributed by atoms with van der Waals surface area (Å²) in [4.78, 5) is 44.0. The predicted octanol–water partition coefficient (Wildman–Crippen LogP) is 1.82. The van der Waals surface area contributed by atoms with Crippen molar-refractivity contribution in [2.24, 2.45) is 0 Å². The molecule has 10 nitrogen and oxygen atoms in total. The van der Waals surface area contributed by atoms with Gasteiger partial charge in [-0.15, -0.1) is 0 Å². The molecule has 3 aromatic rings. The Bertz CT molecular complexity index is 1720. The summed E-state index contributed by atoms with van der Waals surface area (Å²) in [6.07, 6.45) is 0.768. The number of carbonyl (C=O) groups is 2. The second-order valence-electron chi connectivity index (χ2n) is 10.1. The number of esters is 1. The van der Waals surface area contributed by atoms with Crippen molar-refractivity contribution in [3.8, 4) is 11.4 Å². The van der Waals surface area contributed by atoms with E-state index in [1.807, 2.05) is 0 Å². The summed E-state index contributed by atoms with van der Waals surface area (Å²) < 4.78 is 42.9. The zero-order valence-corrected chi connectivity index (χ0v) is 21.7. The Morgan fingerprint density at radius 1 is 1.36 bits per heavy atom. The lowest BCUT2D eigenvalue weighted by molar-refractivity contribution is -0.172. The predicted molar refractivity (Wildman–Crippen MR) is 138 cm³/mol. The fraction of sp³-hybridized carbons (Fsp3) is 0.429. The van der Waals surface area contributed by atoms with Crippen LogP contribution in [0, 0.1) is 12.7 Å². The van der Waals surface area contributed by atoms with Gasteiger partial charge in [0.05, 0.1) is 44.5 Å². The first-order chi connectivity index (χ1) is 19.4. The van der Waals surface area contributed by atoms with Gasteiger partial charge in [0.1, 0.15) is 19.0 Å². The van der Waals surface area contributed by atoms with Crippen LogP contribution in [-0.2, 0) is 44.2 Å². The summed E-state index contributed by atoms with van der Waals surface area (Å²) in [5.74, 6) is -2.24. The van der Waals surface area contributed by atoms with Gasteiger partial charge in [-0.3, -0.25) is 14.9 Å². The van der Waals surface area contributed by atoms with E-state index in [4.69, 9.17) is 17.2 Å². The molecule has 0 fully saturated rings. The zero-order chi connectivity index (χ0) is 29.4. The molecule has 6 rings (SSSR count). The van der Waals surface area contributed by atoms with Crippen molar-refractivity contribution in [3.63, 3.8) is 0 Å². The molecule has 4 heterocycles.